The van der Waals surface area contributed by atoms with Crippen LogP contribution >= 0.6 is 23.3 Å². The van der Waals surface area contributed by atoms with Gasteiger partial charge in [0.05, 0.1) is 5.76 Å². The van der Waals surface area contributed by atoms with Crippen molar-refractivity contribution >= 4 is 29.4 Å². The summed E-state index contributed by atoms with van der Waals surface area (Å²) in [6.07, 6.45) is 10.2. The van der Waals surface area contributed by atoms with Crippen molar-refractivity contribution in [2.24, 2.45) is 17.3 Å². The van der Waals surface area contributed by atoms with E-state index in [1.807, 2.05) is 34.0 Å². The maximum atomic E-state index is 12.1. The number of carbonyl (C=O) groups is 1. The molecule has 2 amide bonds. The summed E-state index contributed by atoms with van der Waals surface area (Å²) >= 11 is 6.44. The van der Waals surface area contributed by atoms with Crippen molar-refractivity contribution in [2.75, 3.05) is 40.3 Å². The van der Waals surface area contributed by atoms with Crippen molar-refractivity contribution in [3.05, 3.63) is 35.4 Å². The van der Waals surface area contributed by atoms with Gasteiger partial charge in [0.25, 0.3) is 0 Å². The van der Waals surface area contributed by atoms with E-state index in [4.69, 9.17) is 17.3 Å². The maximum absolute atomic E-state index is 12.1. The Morgan fingerprint density at radius 2 is 1.88 bits per heavy atom. The van der Waals surface area contributed by atoms with Crippen molar-refractivity contribution in [3.8, 4) is 0 Å². The number of carbonyl (C=O) groups excluding carboxylic acids is 1. The number of urea groups is 1. The Hall–Kier alpha value is -1.53. The minimum Gasteiger partial charge on any atom is -0.512 e. The van der Waals surface area contributed by atoms with Crippen molar-refractivity contribution < 1.29 is 9.90 Å². The summed E-state index contributed by atoms with van der Waals surface area (Å²) < 4.78 is 0. The first kappa shape index (κ1) is 33.6. The predicted octanol–water partition coefficient (Wildman–Crippen LogP) is 2.66. The summed E-state index contributed by atoms with van der Waals surface area (Å²) in [6.45, 7) is 6.32. The number of rotatable bonds is 13. The summed E-state index contributed by atoms with van der Waals surface area (Å²) in [6, 6.07) is -0.0303. The van der Waals surface area contributed by atoms with E-state index >= 15 is 0 Å². The fraction of sp³-hybridized carbons (Fsp3) is 0.682. The van der Waals surface area contributed by atoms with Crippen molar-refractivity contribution in [3.63, 3.8) is 0 Å². The SMILES string of the molecule is CC.CN(C)C(CNC(=O)NCC/C(N)=C/N(N)CCCCN)CC1=CC=C(O)CC1.SS. The zero-order valence-electron chi connectivity index (χ0n) is 20.8. The van der Waals surface area contributed by atoms with E-state index < -0.39 is 0 Å². The lowest BCUT2D eigenvalue weighted by atomic mass is 9.96. The van der Waals surface area contributed by atoms with Crippen LogP contribution in [0.5, 0.6) is 0 Å². The van der Waals surface area contributed by atoms with Crippen LogP contribution in [0.1, 0.15) is 52.4 Å². The molecule has 1 unspecified atom stereocenters. The minimum absolute atomic E-state index is 0.185. The molecular formula is C22H47N7O2S2. The number of aliphatic hydroxyl groups is 1. The zero-order valence-corrected chi connectivity index (χ0v) is 22.5. The first-order valence-corrected chi connectivity index (χ1v) is 13.0. The summed E-state index contributed by atoms with van der Waals surface area (Å²) in [4.78, 5) is 14.2. The van der Waals surface area contributed by atoms with Gasteiger partial charge in [0.1, 0.15) is 0 Å². The molecule has 0 spiro atoms. The van der Waals surface area contributed by atoms with E-state index in [2.05, 4.69) is 38.9 Å². The predicted molar refractivity (Wildman–Crippen MR) is 147 cm³/mol. The molecule has 0 aromatic carbocycles. The molecule has 0 bridgehead atoms. The highest BCUT2D eigenvalue weighted by Crippen LogP contribution is 2.21. The third-order valence-corrected chi connectivity index (χ3v) is 4.84. The molecule has 1 aliphatic carbocycles. The molecule has 33 heavy (non-hydrogen) atoms. The molecule has 1 aliphatic rings. The monoisotopic (exact) mass is 505 g/mol. The second kappa shape index (κ2) is 22.3. The van der Waals surface area contributed by atoms with E-state index in [-0.39, 0.29) is 12.1 Å². The third kappa shape index (κ3) is 18.6. The Bertz CT molecular complexity index is 599. The topological polar surface area (TPSA) is 146 Å². The van der Waals surface area contributed by atoms with E-state index in [1.165, 1.54) is 5.57 Å². The molecule has 194 valence electrons. The van der Waals surface area contributed by atoms with Gasteiger partial charge in [-0.15, -0.1) is 23.3 Å². The van der Waals surface area contributed by atoms with E-state index in [1.54, 1.807) is 17.3 Å². The highest BCUT2D eigenvalue weighted by Gasteiger charge is 2.16. The highest BCUT2D eigenvalue weighted by molar-refractivity contribution is 8.59. The number of likely N-dealkylation sites (N-methyl/N-ethyl adjacent to an activating group) is 1. The van der Waals surface area contributed by atoms with Gasteiger partial charge in [0.2, 0.25) is 0 Å². The van der Waals surface area contributed by atoms with Gasteiger partial charge in [-0.3, -0.25) is 0 Å². The van der Waals surface area contributed by atoms with Gasteiger partial charge in [0, 0.05) is 50.4 Å². The zero-order chi connectivity index (χ0) is 25.6. The number of nitrogens with two attached hydrogens (primary N) is 3. The van der Waals surface area contributed by atoms with Crippen LogP contribution in [0.3, 0.4) is 0 Å². The van der Waals surface area contributed by atoms with Crippen LogP contribution in [0.2, 0.25) is 0 Å². The molecule has 0 aromatic heterocycles. The molecule has 9 N–H and O–H groups in total. The Morgan fingerprint density at radius 3 is 2.42 bits per heavy atom. The van der Waals surface area contributed by atoms with Gasteiger partial charge in [-0.2, -0.15) is 0 Å². The van der Waals surface area contributed by atoms with E-state index in [9.17, 15) is 9.90 Å². The number of hydrazine groups is 1. The molecular weight excluding hydrogens is 458 g/mol. The number of hydrogen-bond acceptors (Lipinski definition) is 9. The van der Waals surface area contributed by atoms with Gasteiger partial charge in [0.15, 0.2) is 0 Å². The van der Waals surface area contributed by atoms with Crippen LogP contribution < -0.4 is 27.9 Å². The molecule has 0 saturated heterocycles. The first-order chi connectivity index (χ1) is 15.8. The Morgan fingerprint density at radius 1 is 1.21 bits per heavy atom. The normalized spacial score (nSPS) is 14.0. The molecule has 0 fully saturated rings. The summed E-state index contributed by atoms with van der Waals surface area (Å²) in [5.74, 6) is 6.28. The summed E-state index contributed by atoms with van der Waals surface area (Å²) in [5.41, 5.74) is 13.3. The van der Waals surface area contributed by atoms with Crippen LogP contribution in [0.4, 0.5) is 4.79 Å². The van der Waals surface area contributed by atoms with Crippen molar-refractivity contribution in [1.29, 1.82) is 0 Å². The number of unbranched alkanes of at least 4 members (excludes halogenated alkanes) is 1. The summed E-state index contributed by atoms with van der Waals surface area (Å²) in [5, 5.41) is 16.8. The first-order valence-electron chi connectivity index (χ1n) is 11.4. The lowest BCUT2D eigenvalue weighted by Gasteiger charge is -2.26. The Balaban J connectivity index is 0. The largest absolute Gasteiger partial charge is 0.512 e. The van der Waals surface area contributed by atoms with Crippen LogP contribution in [-0.4, -0.2) is 67.4 Å². The van der Waals surface area contributed by atoms with Gasteiger partial charge in [-0.05, 0) is 52.4 Å². The number of thiol groups is 2. The number of nitrogens with zero attached hydrogens (tertiary/aromatic N) is 2. The third-order valence-electron chi connectivity index (χ3n) is 4.84. The second-order valence-electron chi connectivity index (χ2n) is 7.63. The van der Waals surface area contributed by atoms with Crippen molar-refractivity contribution in [2.45, 2.75) is 58.4 Å². The average Bonchev–Trinajstić information content (AvgIpc) is 2.80. The van der Waals surface area contributed by atoms with E-state index in [0.717, 1.165) is 25.7 Å². The molecule has 11 heteroatoms. The lowest BCUT2D eigenvalue weighted by Crippen LogP contribution is -2.44. The van der Waals surface area contributed by atoms with Gasteiger partial charge in [-0.1, -0.05) is 25.5 Å². The fourth-order valence-electron chi connectivity index (χ4n) is 2.95. The average molecular weight is 506 g/mol. The van der Waals surface area contributed by atoms with Gasteiger partial charge >= 0.3 is 6.03 Å². The minimum atomic E-state index is -0.215. The molecule has 9 nitrogen and oxygen atoms in total. The van der Waals surface area contributed by atoms with E-state index in [0.29, 0.717) is 50.5 Å². The van der Waals surface area contributed by atoms with Crippen LogP contribution in [0.25, 0.3) is 0 Å². The fourth-order valence-corrected chi connectivity index (χ4v) is 2.95. The second-order valence-corrected chi connectivity index (χ2v) is 7.63. The number of hydrogen-bond donors (Lipinski definition) is 8. The Kier molecular flexibility index (Phi) is 22.7. The Labute approximate surface area is 211 Å². The smallest absolute Gasteiger partial charge is 0.314 e. The molecule has 1 atom stereocenters. The quantitative estimate of drug-likeness (QED) is 0.0631. The maximum Gasteiger partial charge on any atom is 0.314 e. The number of nitrogens with one attached hydrogen (secondary N) is 2. The highest BCUT2D eigenvalue weighted by atomic mass is 33.1. The lowest BCUT2D eigenvalue weighted by molar-refractivity contribution is 0.231. The molecule has 0 aromatic rings. The van der Waals surface area contributed by atoms with Crippen LogP contribution in [-0.2, 0) is 0 Å². The molecule has 0 heterocycles. The van der Waals surface area contributed by atoms with Crippen LogP contribution in [0.15, 0.2) is 35.4 Å². The van der Waals surface area contributed by atoms with Crippen molar-refractivity contribution in [1.82, 2.24) is 20.5 Å². The standard InChI is InChI=1S/C20H39N7O2.C2H6.H2S2/c1-26(2)18(13-16-5-7-19(28)8-6-16)14-25-20(29)24-11-9-17(22)15-27(23)12-4-3-10-21;2*1-2/h5,7,15,18,28H,3-4,6,8-14,21-23H2,1-2H3,(H2,24,25,29);1-2H3;1-2H/b17-15-;;. The molecule has 0 aliphatic heterocycles. The van der Waals surface area contributed by atoms with Gasteiger partial charge < -0.3 is 37.1 Å². The molecule has 1 rings (SSSR count). The molecule has 0 radical (unpaired) electrons. The van der Waals surface area contributed by atoms with Crippen LogP contribution in [0, 0.1) is 0 Å². The number of allylic oxidation sites excluding steroid dienone is 3. The van der Waals surface area contributed by atoms with Gasteiger partial charge in [-0.25, -0.2) is 10.6 Å². The number of aliphatic hydroxyl groups excluding tert-OH is 1. The summed E-state index contributed by atoms with van der Waals surface area (Å²) in [7, 11) is 4.00. The number of amides is 2. The molecule has 0 saturated carbocycles.